The number of hydrogen-bond donors (Lipinski definition) is 3. The number of rotatable bonds is 8. The molecule has 0 spiro atoms. The van der Waals surface area contributed by atoms with E-state index in [1.165, 1.54) is 7.11 Å². The number of phosphoric ester groups is 1. The van der Waals surface area contributed by atoms with Crippen LogP contribution < -0.4 is 9.79 Å². The number of Topliss-reactive ketones (excluding diaryl/α,β-unsaturated/α-hetero) is 1. The lowest BCUT2D eigenvalue weighted by molar-refractivity contribution is -0.341. The second-order valence-electron chi connectivity index (χ2n) is 3.15. The van der Waals surface area contributed by atoms with Gasteiger partial charge >= 0.3 is 0 Å². The van der Waals surface area contributed by atoms with Crippen LogP contribution in [0.4, 0.5) is 0 Å². The number of carbonyl (C=O) groups is 1. The van der Waals surface area contributed by atoms with E-state index in [0.717, 1.165) is 0 Å². The molecule has 0 bridgehead atoms. The molecule has 0 heterocycles. The summed E-state index contributed by atoms with van der Waals surface area (Å²) in [5.74, 6) is -1.25. The fourth-order valence-electron chi connectivity index (χ4n) is 0.898. The number of phosphoric acid groups is 1. The zero-order valence-corrected chi connectivity index (χ0v) is 9.78. The fourth-order valence-corrected chi connectivity index (χ4v) is 1.18. The minimum Gasteiger partial charge on any atom is -0.790 e. The highest BCUT2D eigenvalue weighted by Crippen LogP contribution is 2.24. The van der Waals surface area contributed by atoms with Crippen molar-refractivity contribution in [3.8, 4) is 0 Å². The Morgan fingerprint density at radius 3 is 2.29 bits per heavy atom. The molecule has 10 heteroatoms. The molecule has 3 N–H and O–H groups in total. The van der Waals surface area contributed by atoms with Crippen molar-refractivity contribution in [3.05, 3.63) is 0 Å². The Kier molecular flexibility index (Phi) is 6.98. The van der Waals surface area contributed by atoms with Crippen LogP contribution in [0.5, 0.6) is 0 Å². The first kappa shape index (κ1) is 16.6. The van der Waals surface area contributed by atoms with E-state index < -0.39 is 38.5 Å². The highest BCUT2D eigenvalue weighted by atomic mass is 31.2. The first-order valence-corrected chi connectivity index (χ1v) is 5.87. The number of methoxy groups -OCH3 is 1. The van der Waals surface area contributed by atoms with Gasteiger partial charge in [0.25, 0.3) is 0 Å². The number of ketones is 1. The SMILES string of the molecule is COC[C@@H](O)C(O)C(O)C(=O)COP(=O)([O-])[O-]. The average molecular weight is 272 g/mol. The molecule has 0 saturated carbocycles. The highest BCUT2D eigenvalue weighted by molar-refractivity contribution is 7.43. The van der Waals surface area contributed by atoms with Crippen LogP contribution >= 0.6 is 7.82 Å². The molecule has 0 aromatic carbocycles. The van der Waals surface area contributed by atoms with E-state index in [9.17, 15) is 29.4 Å². The molecule has 0 fully saturated rings. The highest BCUT2D eigenvalue weighted by Gasteiger charge is 2.30. The molecule has 0 aliphatic heterocycles. The summed E-state index contributed by atoms with van der Waals surface area (Å²) in [6.45, 7) is -1.55. The van der Waals surface area contributed by atoms with Gasteiger partial charge in [0.2, 0.25) is 0 Å². The summed E-state index contributed by atoms with van der Waals surface area (Å²) < 4.78 is 18.1. The van der Waals surface area contributed by atoms with Crippen molar-refractivity contribution < 1.29 is 43.7 Å². The number of aliphatic hydroxyl groups excluding tert-OH is 3. The van der Waals surface area contributed by atoms with Gasteiger partial charge in [-0.2, -0.15) is 0 Å². The molecule has 0 aromatic rings. The van der Waals surface area contributed by atoms with Crippen molar-refractivity contribution in [2.45, 2.75) is 18.3 Å². The molecule has 3 atom stereocenters. The van der Waals surface area contributed by atoms with Crippen molar-refractivity contribution in [2.24, 2.45) is 0 Å². The molecule has 0 amide bonds. The molecule has 0 aliphatic carbocycles. The Hall–Kier alpha value is -0.380. The van der Waals surface area contributed by atoms with Crippen LogP contribution in [0.15, 0.2) is 0 Å². The maximum Gasteiger partial charge on any atom is 0.189 e. The fraction of sp³-hybridized carbons (Fsp3) is 0.857. The summed E-state index contributed by atoms with van der Waals surface area (Å²) in [7, 11) is -4.11. The maximum atomic E-state index is 11.1. The predicted octanol–water partition coefficient (Wildman–Crippen LogP) is -3.87. The molecular formula is C7H13O9P-2. The van der Waals surface area contributed by atoms with E-state index in [4.69, 9.17) is 5.11 Å². The number of aliphatic hydroxyl groups is 3. The van der Waals surface area contributed by atoms with E-state index in [0.29, 0.717) is 0 Å². The van der Waals surface area contributed by atoms with Crippen LogP contribution in [-0.2, 0) is 18.6 Å². The number of carbonyl (C=O) groups excluding carboxylic acids is 1. The quantitative estimate of drug-likeness (QED) is 0.375. The molecule has 0 rings (SSSR count). The summed E-state index contributed by atoms with van der Waals surface area (Å²) in [6, 6.07) is 0. The van der Waals surface area contributed by atoms with E-state index in [2.05, 4.69) is 9.26 Å². The third-order valence-electron chi connectivity index (χ3n) is 1.75. The third-order valence-corrected chi connectivity index (χ3v) is 2.20. The largest absolute Gasteiger partial charge is 0.790 e. The summed E-state index contributed by atoms with van der Waals surface area (Å²) in [4.78, 5) is 31.2. The molecule has 2 unspecified atom stereocenters. The van der Waals surface area contributed by atoms with E-state index >= 15 is 0 Å². The van der Waals surface area contributed by atoms with Gasteiger partial charge in [0.05, 0.1) is 14.4 Å². The third kappa shape index (κ3) is 6.81. The smallest absolute Gasteiger partial charge is 0.189 e. The number of hydrogen-bond acceptors (Lipinski definition) is 9. The lowest BCUT2D eigenvalue weighted by atomic mass is 10.1. The molecule has 0 aliphatic rings. The predicted molar refractivity (Wildman–Crippen MR) is 48.5 cm³/mol. The van der Waals surface area contributed by atoms with Gasteiger partial charge < -0.3 is 38.9 Å². The van der Waals surface area contributed by atoms with Gasteiger partial charge in [-0.05, 0) is 0 Å². The first-order valence-electron chi connectivity index (χ1n) is 4.41. The minimum atomic E-state index is -5.33. The van der Waals surface area contributed by atoms with Crippen molar-refractivity contribution >= 4 is 13.6 Å². The Morgan fingerprint density at radius 1 is 1.35 bits per heavy atom. The molecule has 0 radical (unpaired) electrons. The van der Waals surface area contributed by atoms with Gasteiger partial charge in [0.1, 0.15) is 24.9 Å². The molecule has 0 saturated heterocycles. The van der Waals surface area contributed by atoms with Crippen LogP contribution in [0.2, 0.25) is 0 Å². The monoisotopic (exact) mass is 272 g/mol. The van der Waals surface area contributed by atoms with Gasteiger partial charge in [-0.15, -0.1) is 0 Å². The summed E-state index contributed by atoms with van der Waals surface area (Å²) in [5, 5.41) is 27.6. The Balaban J connectivity index is 4.25. The zero-order valence-electron chi connectivity index (χ0n) is 8.88. The topological polar surface area (TPSA) is 159 Å². The van der Waals surface area contributed by atoms with Crippen LogP contribution in [0.25, 0.3) is 0 Å². The first-order chi connectivity index (χ1) is 7.69. The van der Waals surface area contributed by atoms with E-state index in [-0.39, 0.29) is 6.61 Å². The molecule has 102 valence electrons. The second kappa shape index (κ2) is 7.14. The van der Waals surface area contributed by atoms with Crippen molar-refractivity contribution in [1.82, 2.24) is 0 Å². The van der Waals surface area contributed by atoms with Gasteiger partial charge in [-0.1, -0.05) is 0 Å². The van der Waals surface area contributed by atoms with Crippen LogP contribution in [0, 0.1) is 0 Å². The molecule has 17 heavy (non-hydrogen) atoms. The van der Waals surface area contributed by atoms with Gasteiger partial charge in [-0.3, -0.25) is 4.79 Å². The summed E-state index contributed by atoms with van der Waals surface area (Å²) in [6.07, 6.45) is -5.49. The van der Waals surface area contributed by atoms with Gasteiger partial charge in [0, 0.05) is 7.11 Å². The summed E-state index contributed by atoms with van der Waals surface area (Å²) in [5.41, 5.74) is 0. The van der Waals surface area contributed by atoms with Gasteiger partial charge in [-0.25, -0.2) is 0 Å². The van der Waals surface area contributed by atoms with Crippen LogP contribution in [0.1, 0.15) is 0 Å². The summed E-state index contributed by atoms with van der Waals surface area (Å²) >= 11 is 0. The van der Waals surface area contributed by atoms with E-state index in [1.807, 2.05) is 0 Å². The van der Waals surface area contributed by atoms with Crippen molar-refractivity contribution in [3.63, 3.8) is 0 Å². The minimum absolute atomic E-state index is 0.339. The lowest BCUT2D eigenvalue weighted by Crippen LogP contribution is -2.45. The average Bonchev–Trinajstić information content (AvgIpc) is 2.23. The standard InChI is InChI=1S/C7H15O9P/c1-15-2-4(8)6(10)7(11)5(9)3-16-17(12,13)14/h4,6-8,10-11H,2-3H2,1H3,(H2,12,13,14)/p-2/t4-,6?,7?/m1/s1. The Labute approximate surface area is 96.8 Å². The molecular weight excluding hydrogens is 259 g/mol. The van der Waals surface area contributed by atoms with Crippen LogP contribution in [0.3, 0.4) is 0 Å². The van der Waals surface area contributed by atoms with Crippen molar-refractivity contribution in [2.75, 3.05) is 20.3 Å². The Morgan fingerprint density at radius 2 is 1.88 bits per heavy atom. The van der Waals surface area contributed by atoms with Crippen molar-refractivity contribution in [1.29, 1.82) is 0 Å². The van der Waals surface area contributed by atoms with Crippen LogP contribution in [-0.4, -0.2) is 59.7 Å². The second-order valence-corrected chi connectivity index (χ2v) is 4.30. The van der Waals surface area contributed by atoms with E-state index in [1.54, 1.807) is 0 Å². The molecule has 9 nitrogen and oxygen atoms in total. The molecule has 0 aromatic heterocycles. The Bertz CT molecular complexity index is 287. The lowest BCUT2D eigenvalue weighted by Gasteiger charge is -2.29. The number of ether oxygens (including phenoxy) is 1. The normalized spacial score (nSPS) is 17.5. The van der Waals surface area contributed by atoms with Gasteiger partial charge in [0.15, 0.2) is 5.78 Å². The maximum absolute atomic E-state index is 11.1. The zero-order chi connectivity index (χ0) is 13.6.